The highest BCUT2D eigenvalue weighted by molar-refractivity contribution is 9.10. The summed E-state index contributed by atoms with van der Waals surface area (Å²) in [6.45, 7) is 0.763. The molecular formula is C13H15BrN2O. The molecule has 1 saturated heterocycles. The number of rotatable bonds is 2. The van der Waals surface area contributed by atoms with Crippen LogP contribution in [0.1, 0.15) is 30.0 Å². The Bertz CT molecular complexity index is 461. The molecule has 0 radical (unpaired) electrons. The lowest BCUT2D eigenvalue weighted by Crippen LogP contribution is -2.33. The van der Waals surface area contributed by atoms with Gasteiger partial charge in [-0.3, -0.25) is 4.79 Å². The third kappa shape index (κ3) is 2.11. The first-order valence-corrected chi connectivity index (χ1v) is 6.83. The smallest absolute Gasteiger partial charge is 0.221 e. The van der Waals surface area contributed by atoms with E-state index in [-0.39, 0.29) is 11.9 Å². The van der Waals surface area contributed by atoms with E-state index in [1.165, 1.54) is 15.6 Å². The lowest BCUT2D eigenvalue weighted by Gasteiger charge is -2.18. The Kier molecular flexibility index (Phi) is 2.92. The molecule has 17 heavy (non-hydrogen) atoms. The first kappa shape index (κ1) is 11.2. The number of benzene rings is 1. The van der Waals surface area contributed by atoms with Crippen LogP contribution in [0.25, 0.3) is 0 Å². The number of hydrogen-bond donors (Lipinski definition) is 2. The van der Waals surface area contributed by atoms with E-state index in [9.17, 15) is 4.79 Å². The van der Waals surface area contributed by atoms with Gasteiger partial charge in [0.05, 0.1) is 0 Å². The molecule has 2 atom stereocenters. The van der Waals surface area contributed by atoms with Crippen LogP contribution >= 0.6 is 15.9 Å². The maximum absolute atomic E-state index is 11.2. The first-order chi connectivity index (χ1) is 8.24. The number of carbonyl (C=O) groups excluding carboxylic acids is 1. The van der Waals surface area contributed by atoms with Crippen molar-refractivity contribution < 1.29 is 4.79 Å². The molecule has 1 aliphatic carbocycles. The van der Waals surface area contributed by atoms with Gasteiger partial charge in [0.15, 0.2) is 0 Å². The quantitative estimate of drug-likeness (QED) is 0.875. The lowest BCUT2D eigenvalue weighted by atomic mass is 10.1. The summed E-state index contributed by atoms with van der Waals surface area (Å²) >= 11 is 3.60. The van der Waals surface area contributed by atoms with E-state index in [4.69, 9.17) is 0 Å². The molecule has 1 heterocycles. The van der Waals surface area contributed by atoms with Crippen molar-refractivity contribution in [2.45, 2.75) is 31.3 Å². The van der Waals surface area contributed by atoms with Crippen molar-refractivity contribution in [2.24, 2.45) is 0 Å². The molecule has 0 aromatic heterocycles. The third-order valence-electron chi connectivity index (χ3n) is 3.63. The number of halogens is 1. The van der Waals surface area contributed by atoms with Crippen molar-refractivity contribution in [3.63, 3.8) is 0 Å². The van der Waals surface area contributed by atoms with Gasteiger partial charge in [-0.15, -0.1) is 0 Å². The molecule has 1 aromatic carbocycles. The minimum absolute atomic E-state index is 0.162. The van der Waals surface area contributed by atoms with Crippen LogP contribution in [0.4, 0.5) is 0 Å². The average molecular weight is 295 g/mol. The molecule has 4 heteroatoms. The SMILES string of the molecule is O=C1CC(NC2CCc3c(Br)cccc32)CN1. The summed E-state index contributed by atoms with van der Waals surface area (Å²) in [4.78, 5) is 11.2. The summed E-state index contributed by atoms with van der Waals surface area (Å²) in [6, 6.07) is 7.07. The monoisotopic (exact) mass is 294 g/mol. The summed E-state index contributed by atoms with van der Waals surface area (Å²) in [5.41, 5.74) is 2.81. The zero-order chi connectivity index (χ0) is 11.8. The van der Waals surface area contributed by atoms with Gasteiger partial charge < -0.3 is 10.6 Å². The Hall–Kier alpha value is -0.870. The summed E-state index contributed by atoms with van der Waals surface area (Å²) in [5.74, 6) is 0.162. The fraction of sp³-hybridized carbons (Fsp3) is 0.462. The Labute approximate surface area is 109 Å². The van der Waals surface area contributed by atoms with Crippen LogP contribution in [-0.4, -0.2) is 18.5 Å². The number of hydrogen-bond acceptors (Lipinski definition) is 2. The number of amides is 1. The van der Waals surface area contributed by atoms with Crippen molar-refractivity contribution in [1.82, 2.24) is 10.6 Å². The van der Waals surface area contributed by atoms with Gasteiger partial charge in [-0.05, 0) is 30.0 Å². The van der Waals surface area contributed by atoms with Crippen LogP contribution in [0, 0.1) is 0 Å². The van der Waals surface area contributed by atoms with Crippen LogP contribution in [0.2, 0.25) is 0 Å². The molecule has 0 spiro atoms. The van der Waals surface area contributed by atoms with Crippen molar-refractivity contribution in [1.29, 1.82) is 0 Å². The van der Waals surface area contributed by atoms with Crippen LogP contribution < -0.4 is 10.6 Å². The molecule has 1 fully saturated rings. The second kappa shape index (κ2) is 4.42. The molecule has 2 N–H and O–H groups in total. The Balaban J connectivity index is 1.75. The molecule has 1 aliphatic heterocycles. The fourth-order valence-corrected chi connectivity index (χ4v) is 3.37. The largest absolute Gasteiger partial charge is 0.354 e. The van der Waals surface area contributed by atoms with Crippen molar-refractivity contribution >= 4 is 21.8 Å². The highest BCUT2D eigenvalue weighted by Gasteiger charge is 2.29. The summed E-state index contributed by atoms with van der Waals surface area (Å²) < 4.78 is 1.21. The van der Waals surface area contributed by atoms with Crippen LogP contribution in [0.5, 0.6) is 0 Å². The van der Waals surface area contributed by atoms with E-state index in [0.29, 0.717) is 12.5 Å². The van der Waals surface area contributed by atoms with E-state index in [1.54, 1.807) is 0 Å². The van der Waals surface area contributed by atoms with Crippen LogP contribution in [0.15, 0.2) is 22.7 Å². The standard InChI is InChI=1S/C13H15BrN2O/c14-11-3-1-2-10-9(11)4-5-12(10)16-8-6-13(17)15-7-8/h1-3,8,12,16H,4-7H2,(H,15,17). The van der Waals surface area contributed by atoms with E-state index in [1.807, 2.05) is 0 Å². The van der Waals surface area contributed by atoms with Gasteiger partial charge in [0.1, 0.15) is 0 Å². The first-order valence-electron chi connectivity index (χ1n) is 6.04. The van der Waals surface area contributed by atoms with Gasteiger partial charge in [-0.25, -0.2) is 0 Å². The van der Waals surface area contributed by atoms with E-state index in [0.717, 1.165) is 19.4 Å². The van der Waals surface area contributed by atoms with Crippen molar-refractivity contribution in [3.05, 3.63) is 33.8 Å². The molecule has 0 saturated carbocycles. The van der Waals surface area contributed by atoms with Gasteiger partial charge in [0, 0.05) is 29.5 Å². The zero-order valence-corrected chi connectivity index (χ0v) is 11.1. The molecule has 3 nitrogen and oxygen atoms in total. The molecule has 1 amide bonds. The van der Waals surface area contributed by atoms with Gasteiger partial charge in [0.2, 0.25) is 5.91 Å². The summed E-state index contributed by atoms with van der Waals surface area (Å²) in [7, 11) is 0. The number of nitrogens with one attached hydrogen (secondary N) is 2. The Morgan fingerprint density at radius 1 is 1.41 bits per heavy atom. The van der Waals surface area contributed by atoms with E-state index < -0.39 is 0 Å². The molecule has 2 aliphatic rings. The second-order valence-corrected chi connectivity index (χ2v) is 5.63. The number of fused-ring (bicyclic) bond motifs is 1. The average Bonchev–Trinajstić information content (AvgIpc) is 2.88. The topological polar surface area (TPSA) is 41.1 Å². The molecular weight excluding hydrogens is 280 g/mol. The molecule has 1 aromatic rings. The summed E-state index contributed by atoms with van der Waals surface area (Å²) in [6.07, 6.45) is 2.85. The Morgan fingerprint density at radius 2 is 2.29 bits per heavy atom. The second-order valence-electron chi connectivity index (χ2n) is 4.77. The normalized spacial score (nSPS) is 27.0. The zero-order valence-electron chi connectivity index (χ0n) is 9.50. The lowest BCUT2D eigenvalue weighted by molar-refractivity contribution is -0.119. The molecule has 0 bridgehead atoms. The Morgan fingerprint density at radius 3 is 3.06 bits per heavy atom. The number of carbonyl (C=O) groups is 1. The maximum atomic E-state index is 11.2. The minimum atomic E-state index is 0.162. The van der Waals surface area contributed by atoms with Gasteiger partial charge in [-0.2, -0.15) is 0 Å². The third-order valence-corrected chi connectivity index (χ3v) is 4.37. The van der Waals surface area contributed by atoms with Gasteiger partial charge in [-0.1, -0.05) is 28.1 Å². The van der Waals surface area contributed by atoms with Crippen molar-refractivity contribution in [2.75, 3.05) is 6.54 Å². The van der Waals surface area contributed by atoms with E-state index in [2.05, 4.69) is 44.8 Å². The van der Waals surface area contributed by atoms with Crippen LogP contribution in [0.3, 0.4) is 0 Å². The van der Waals surface area contributed by atoms with Gasteiger partial charge in [0.25, 0.3) is 0 Å². The van der Waals surface area contributed by atoms with Gasteiger partial charge >= 0.3 is 0 Å². The predicted molar refractivity (Wildman–Crippen MR) is 69.8 cm³/mol. The fourth-order valence-electron chi connectivity index (χ4n) is 2.79. The summed E-state index contributed by atoms with van der Waals surface area (Å²) in [5, 5.41) is 6.46. The minimum Gasteiger partial charge on any atom is -0.354 e. The van der Waals surface area contributed by atoms with E-state index >= 15 is 0 Å². The highest BCUT2D eigenvalue weighted by Crippen LogP contribution is 2.35. The maximum Gasteiger partial charge on any atom is 0.221 e. The molecule has 3 rings (SSSR count). The highest BCUT2D eigenvalue weighted by atomic mass is 79.9. The predicted octanol–water partition coefficient (Wildman–Crippen LogP) is 1.91. The molecule has 2 unspecified atom stereocenters. The van der Waals surface area contributed by atoms with Crippen LogP contribution in [-0.2, 0) is 11.2 Å². The molecule has 90 valence electrons. The van der Waals surface area contributed by atoms with Crippen molar-refractivity contribution in [3.8, 4) is 0 Å².